The van der Waals surface area contributed by atoms with E-state index in [1.807, 2.05) is 42.5 Å². The van der Waals surface area contributed by atoms with E-state index in [9.17, 15) is 4.79 Å². The molecule has 1 amide bonds. The molecule has 3 N–H and O–H groups in total. The molecule has 0 aliphatic rings. The lowest BCUT2D eigenvalue weighted by Gasteiger charge is -2.13. The van der Waals surface area contributed by atoms with Crippen LogP contribution in [0.3, 0.4) is 0 Å². The van der Waals surface area contributed by atoms with Crippen molar-refractivity contribution in [3.8, 4) is 0 Å². The first-order valence-electron chi connectivity index (χ1n) is 6.25. The van der Waals surface area contributed by atoms with Gasteiger partial charge in [0.15, 0.2) is 0 Å². The van der Waals surface area contributed by atoms with Gasteiger partial charge in [0.1, 0.15) is 0 Å². The molecule has 2 aromatic rings. The molecule has 4 nitrogen and oxygen atoms in total. The zero-order valence-corrected chi connectivity index (χ0v) is 12.2. The van der Waals surface area contributed by atoms with Gasteiger partial charge < -0.3 is 15.8 Å². The van der Waals surface area contributed by atoms with Crippen LogP contribution in [0.5, 0.6) is 0 Å². The molecule has 1 atom stereocenters. The van der Waals surface area contributed by atoms with Gasteiger partial charge in [0.25, 0.3) is 0 Å². The number of fused-ring (bicyclic) bond motifs is 1. The first-order valence-corrected chi connectivity index (χ1v) is 6.25. The molecule has 20 heavy (non-hydrogen) atoms. The lowest BCUT2D eigenvalue weighted by molar-refractivity contribution is -0.118. The van der Waals surface area contributed by atoms with Gasteiger partial charge in [0.05, 0.1) is 12.5 Å². The van der Waals surface area contributed by atoms with Crippen molar-refractivity contribution < 1.29 is 9.53 Å². The number of carbonyl (C=O) groups excluding carboxylic acids is 1. The summed E-state index contributed by atoms with van der Waals surface area (Å²) in [5, 5.41) is 5.04. The summed E-state index contributed by atoms with van der Waals surface area (Å²) >= 11 is 0. The maximum atomic E-state index is 11.9. The van der Waals surface area contributed by atoms with Gasteiger partial charge in [-0.1, -0.05) is 36.4 Å². The van der Waals surface area contributed by atoms with Crippen molar-refractivity contribution in [3.05, 3.63) is 42.5 Å². The highest BCUT2D eigenvalue weighted by molar-refractivity contribution is 6.02. The molecule has 0 radical (unpaired) electrons. The van der Waals surface area contributed by atoms with Crippen LogP contribution in [0.4, 0.5) is 5.69 Å². The van der Waals surface area contributed by atoms with Gasteiger partial charge in [-0.2, -0.15) is 0 Å². The van der Waals surface area contributed by atoms with Crippen molar-refractivity contribution in [2.75, 3.05) is 19.0 Å². The van der Waals surface area contributed by atoms with Crippen LogP contribution in [0.25, 0.3) is 10.8 Å². The molecule has 0 aromatic heterocycles. The Morgan fingerprint density at radius 3 is 2.65 bits per heavy atom. The van der Waals surface area contributed by atoms with Crippen LogP contribution >= 0.6 is 12.4 Å². The van der Waals surface area contributed by atoms with Crippen LogP contribution in [-0.4, -0.2) is 25.7 Å². The van der Waals surface area contributed by atoms with Crippen molar-refractivity contribution in [1.29, 1.82) is 0 Å². The Morgan fingerprint density at radius 1 is 1.25 bits per heavy atom. The Bertz CT molecular complexity index is 565. The highest BCUT2D eigenvalue weighted by atomic mass is 35.5. The van der Waals surface area contributed by atoms with Crippen LogP contribution in [0.2, 0.25) is 0 Å². The number of benzene rings is 2. The topological polar surface area (TPSA) is 64.3 Å². The van der Waals surface area contributed by atoms with Crippen molar-refractivity contribution in [1.82, 2.24) is 0 Å². The van der Waals surface area contributed by atoms with Gasteiger partial charge in [-0.15, -0.1) is 12.4 Å². The second-order valence-corrected chi connectivity index (χ2v) is 4.37. The average molecular weight is 295 g/mol. The number of ether oxygens (including phenoxy) is 1. The Labute approximate surface area is 124 Å². The fraction of sp³-hybridized carbons (Fsp3) is 0.267. The lowest BCUT2D eigenvalue weighted by atomic mass is 10.1. The Hall–Kier alpha value is -1.62. The number of hydrogen-bond donors (Lipinski definition) is 2. The molecule has 0 saturated heterocycles. The molecule has 0 aliphatic heterocycles. The van der Waals surface area contributed by atoms with E-state index in [0.29, 0.717) is 6.54 Å². The molecular weight excluding hydrogens is 276 g/mol. The standard InChI is InChI=1S/C15H18N2O2.ClH/c1-19-12(10-16)9-15(18)17-14-8-4-6-11-5-2-3-7-13(11)14;/h2-8,12H,9-10,16H2,1H3,(H,17,18);1H. The lowest BCUT2D eigenvalue weighted by Crippen LogP contribution is -2.28. The maximum Gasteiger partial charge on any atom is 0.227 e. The van der Waals surface area contributed by atoms with E-state index < -0.39 is 0 Å². The number of hydrogen-bond acceptors (Lipinski definition) is 3. The molecular formula is C15H19ClN2O2. The summed E-state index contributed by atoms with van der Waals surface area (Å²) in [6.07, 6.45) is 0.0194. The van der Waals surface area contributed by atoms with Crippen LogP contribution in [0.1, 0.15) is 6.42 Å². The number of nitrogens with two attached hydrogens (primary N) is 1. The summed E-state index contributed by atoms with van der Waals surface area (Å²) in [4.78, 5) is 11.9. The van der Waals surface area contributed by atoms with Gasteiger partial charge in [-0.05, 0) is 11.5 Å². The molecule has 0 heterocycles. The van der Waals surface area contributed by atoms with Gasteiger partial charge in [-0.3, -0.25) is 4.79 Å². The monoisotopic (exact) mass is 294 g/mol. The number of carbonyl (C=O) groups is 1. The maximum absolute atomic E-state index is 11.9. The molecule has 0 bridgehead atoms. The highest BCUT2D eigenvalue weighted by Gasteiger charge is 2.12. The average Bonchev–Trinajstić information content (AvgIpc) is 2.45. The summed E-state index contributed by atoms with van der Waals surface area (Å²) in [7, 11) is 1.56. The van der Waals surface area contributed by atoms with Crippen LogP contribution < -0.4 is 11.1 Å². The Morgan fingerprint density at radius 2 is 1.95 bits per heavy atom. The summed E-state index contributed by atoms with van der Waals surface area (Å²) in [6, 6.07) is 13.8. The van der Waals surface area contributed by atoms with Crippen molar-refractivity contribution in [3.63, 3.8) is 0 Å². The number of amides is 1. The second-order valence-electron chi connectivity index (χ2n) is 4.37. The van der Waals surface area contributed by atoms with E-state index in [1.165, 1.54) is 0 Å². The highest BCUT2D eigenvalue weighted by Crippen LogP contribution is 2.23. The van der Waals surface area contributed by atoms with Crippen LogP contribution in [-0.2, 0) is 9.53 Å². The SMILES string of the molecule is COC(CN)CC(=O)Nc1cccc2ccccc12.Cl. The van der Waals surface area contributed by atoms with Crippen LogP contribution in [0.15, 0.2) is 42.5 Å². The minimum Gasteiger partial charge on any atom is -0.380 e. The first kappa shape index (κ1) is 16.4. The number of nitrogens with one attached hydrogen (secondary N) is 1. The normalized spacial score (nSPS) is 11.7. The smallest absolute Gasteiger partial charge is 0.227 e. The summed E-state index contributed by atoms with van der Waals surface area (Å²) in [5.74, 6) is -0.0892. The van der Waals surface area contributed by atoms with E-state index in [0.717, 1.165) is 16.5 Å². The summed E-state index contributed by atoms with van der Waals surface area (Å²) in [5.41, 5.74) is 6.33. The Balaban J connectivity index is 0.00000200. The van der Waals surface area contributed by atoms with E-state index >= 15 is 0 Å². The number of anilines is 1. The van der Waals surface area contributed by atoms with Crippen molar-refractivity contribution in [2.45, 2.75) is 12.5 Å². The third-order valence-electron chi connectivity index (χ3n) is 3.07. The Kier molecular flexibility index (Phi) is 6.45. The van der Waals surface area contributed by atoms with Crippen molar-refractivity contribution in [2.24, 2.45) is 5.73 Å². The van der Waals surface area contributed by atoms with Crippen molar-refractivity contribution >= 4 is 34.8 Å². The van der Waals surface area contributed by atoms with Gasteiger partial charge >= 0.3 is 0 Å². The molecule has 1 unspecified atom stereocenters. The summed E-state index contributed by atoms with van der Waals surface area (Å²) < 4.78 is 5.11. The molecule has 0 saturated carbocycles. The zero-order valence-electron chi connectivity index (χ0n) is 11.3. The molecule has 0 spiro atoms. The molecule has 0 fully saturated rings. The summed E-state index contributed by atoms with van der Waals surface area (Å²) in [6.45, 7) is 0.333. The predicted octanol–water partition coefficient (Wildman–Crippen LogP) is 2.56. The van der Waals surface area contributed by atoms with Gasteiger partial charge in [-0.25, -0.2) is 0 Å². The predicted molar refractivity (Wildman–Crippen MR) is 84.3 cm³/mol. The minimum absolute atomic E-state index is 0. The van der Waals surface area contributed by atoms with E-state index in [-0.39, 0.29) is 30.8 Å². The largest absolute Gasteiger partial charge is 0.380 e. The van der Waals surface area contributed by atoms with E-state index in [1.54, 1.807) is 7.11 Å². The molecule has 2 rings (SSSR count). The van der Waals surface area contributed by atoms with Gasteiger partial charge in [0, 0.05) is 24.7 Å². The molecule has 5 heteroatoms. The van der Waals surface area contributed by atoms with E-state index in [2.05, 4.69) is 5.32 Å². The number of halogens is 1. The fourth-order valence-corrected chi connectivity index (χ4v) is 2.01. The van der Waals surface area contributed by atoms with E-state index in [4.69, 9.17) is 10.5 Å². The minimum atomic E-state index is -0.241. The third-order valence-corrected chi connectivity index (χ3v) is 3.07. The third kappa shape index (κ3) is 3.93. The van der Waals surface area contributed by atoms with Gasteiger partial charge in [0.2, 0.25) is 5.91 Å². The number of methoxy groups -OCH3 is 1. The molecule has 2 aromatic carbocycles. The number of rotatable bonds is 5. The first-order chi connectivity index (χ1) is 9.24. The quantitative estimate of drug-likeness (QED) is 0.891. The molecule has 108 valence electrons. The molecule has 0 aliphatic carbocycles. The fourth-order valence-electron chi connectivity index (χ4n) is 2.01. The van der Waals surface area contributed by atoms with Crippen LogP contribution in [0, 0.1) is 0 Å². The zero-order chi connectivity index (χ0) is 13.7. The second kappa shape index (κ2) is 7.85.